The number of nitrogens with zero attached hydrogens (tertiary/aromatic N) is 1. The molecule has 0 spiro atoms. The van der Waals surface area contributed by atoms with Crippen LogP contribution in [0.2, 0.25) is 5.02 Å². The Morgan fingerprint density at radius 2 is 1.91 bits per heavy atom. The molecule has 6 nitrogen and oxygen atoms in total. The second kappa shape index (κ2) is 7.84. The summed E-state index contributed by atoms with van der Waals surface area (Å²) in [5.41, 5.74) is -0.801. The van der Waals surface area contributed by atoms with E-state index >= 15 is 0 Å². The summed E-state index contributed by atoms with van der Waals surface area (Å²) in [4.78, 5) is 12.6. The average molecular weight is 477 g/mol. The maximum absolute atomic E-state index is 13.5. The average Bonchev–Trinajstić information content (AvgIpc) is 2.75. The monoisotopic (exact) mass is 476 g/mol. The molecule has 0 saturated heterocycles. The summed E-state index contributed by atoms with van der Waals surface area (Å²) >= 11 is 6.22. The quantitative estimate of drug-likeness (QED) is 0.688. The van der Waals surface area contributed by atoms with E-state index in [1.54, 1.807) is 13.0 Å². The van der Waals surface area contributed by atoms with E-state index in [4.69, 9.17) is 16.9 Å². The second-order valence-corrected chi connectivity index (χ2v) is 11.4. The second-order valence-electron chi connectivity index (χ2n) is 8.84. The van der Waals surface area contributed by atoms with Gasteiger partial charge in [-0.25, -0.2) is 12.8 Å². The molecular weight excluding hydrogens is 455 g/mol. The smallest absolute Gasteiger partial charge is 0.255 e. The molecule has 0 heterocycles. The number of nitriles is 1. The molecule has 2 unspecified atom stereocenters. The van der Waals surface area contributed by atoms with Crippen LogP contribution in [0.4, 0.5) is 10.1 Å². The Kier molecular flexibility index (Phi) is 5.56. The molecule has 5 rings (SSSR count). The zero-order valence-corrected chi connectivity index (χ0v) is 19.0. The van der Waals surface area contributed by atoms with E-state index < -0.39 is 32.4 Å². The third kappa shape index (κ3) is 3.58. The standard InChI is InChI=1S/C23H22ClFN2O4S/c1-12-17-9-16(10-18(12)23(17,2)29)32(30,31)21-8-13(3-5-19(21)24)22(28)27-15-4-6-20(25)14(7-15)11-26/h3-8,12,16-18,29H,9-10H2,1-2H3,(H,27,28). The molecule has 2 bridgehead atoms. The Labute approximate surface area is 190 Å². The number of nitrogens with one attached hydrogen (secondary N) is 1. The fourth-order valence-electron chi connectivity index (χ4n) is 5.26. The summed E-state index contributed by atoms with van der Waals surface area (Å²) in [6.07, 6.45) is 0.679. The Bertz CT molecular complexity index is 1240. The molecule has 2 atom stereocenters. The third-order valence-corrected chi connectivity index (χ3v) is 9.74. The summed E-state index contributed by atoms with van der Waals surface area (Å²) in [5, 5.41) is 21.4. The van der Waals surface area contributed by atoms with Crippen LogP contribution < -0.4 is 5.32 Å². The Morgan fingerprint density at radius 3 is 2.50 bits per heavy atom. The molecule has 168 valence electrons. The van der Waals surface area contributed by atoms with E-state index in [0.717, 1.165) is 6.07 Å². The van der Waals surface area contributed by atoms with Crippen molar-refractivity contribution in [2.75, 3.05) is 5.32 Å². The van der Waals surface area contributed by atoms with Gasteiger partial charge in [-0.15, -0.1) is 0 Å². The molecule has 1 amide bonds. The van der Waals surface area contributed by atoms with Crippen molar-refractivity contribution in [1.29, 1.82) is 5.26 Å². The molecule has 2 N–H and O–H groups in total. The molecule has 3 aliphatic carbocycles. The molecule has 32 heavy (non-hydrogen) atoms. The molecule has 0 aromatic heterocycles. The highest BCUT2D eigenvalue weighted by molar-refractivity contribution is 7.92. The van der Waals surface area contributed by atoms with Crippen LogP contribution in [-0.2, 0) is 9.84 Å². The summed E-state index contributed by atoms with van der Waals surface area (Å²) in [6.45, 7) is 3.79. The number of aliphatic hydroxyl groups is 1. The lowest BCUT2D eigenvalue weighted by atomic mass is 9.48. The summed E-state index contributed by atoms with van der Waals surface area (Å²) in [6, 6.07) is 9.26. The maximum atomic E-state index is 13.5. The van der Waals surface area contributed by atoms with E-state index in [2.05, 4.69) is 5.32 Å². The van der Waals surface area contributed by atoms with Gasteiger partial charge in [0.15, 0.2) is 9.84 Å². The lowest BCUT2D eigenvalue weighted by Gasteiger charge is -2.61. The minimum absolute atomic E-state index is 0.0224. The molecule has 0 aliphatic heterocycles. The van der Waals surface area contributed by atoms with E-state index in [1.165, 1.54) is 30.3 Å². The number of carbonyl (C=O) groups is 1. The highest BCUT2D eigenvalue weighted by atomic mass is 35.5. The van der Waals surface area contributed by atoms with E-state index in [-0.39, 0.29) is 44.5 Å². The van der Waals surface area contributed by atoms with Crippen molar-refractivity contribution in [2.45, 2.75) is 42.4 Å². The molecule has 0 radical (unpaired) electrons. The Morgan fingerprint density at radius 1 is 1.25 bits per heavy atom. The topological polar surface area (TPSA) is 107 Å². The third-order valence-electron chi connectivity index (χ3n) is 7.09. The number of amides is 1. The highest BCUT2D eigenvalue weighted by Gasteiger charge is 2.61. The molecular formula is C23H22ClFN2O4S. The van der Waals surface area contributed by atoms with E-state index in [0.29, 0.717) is 12.8 Å². The number of hydrogen-bond acceptors (Lipinski definition) is 5. The van der Waals surface area contributed by atoms with Gasteiger partial charge in [0.2, 0.25) is 0 Å². The van der Waals surface area contributed by atoms with Crippen molar-refractivity contribution in [3.63, 3.8) is 0 Å². The summed E-state index contributed by atoms with van der Waals surface area (Å²) < 4.78 is 40.2. The number of carbonyl (C=O) groups excluding carboxylic acids is 1. The van der Waals surface area contributed by atoms with Crippen LogP contribution in [0.5, 0.6) is 0 Å². The van der Waals surface area contributed by atoms with Gasteiger partial charge in [-0.1, -0.05) is 18.5 Å². The van der Waals surface area contributed by atoms with Gasteiger partial charge in [-0.05, 0) is 73.9 Å². The van der Waals surface area contributed by atoms with Crippen LogP contribution in [-0.4, -0.2) is 30.3 Å². The van der Waals surface area contributed by atoms with E-state index in [1.807, 2.05) is 6.92 Å². The minimum atomic E-state index is -3.83. The van der Waals surface area contributed by atoms with Crippen LogP contribution in [0, 0.1) is 34.9 Å². The lowest BCUT2D eigenvalue weighted by Crippen LogP contribution is -2.65. The number of hydrogen-bond donors (Lipinski definition) is 2. The number of anilines is 1. The number of halogens is 2. The molecule has 3 saturated carbocycles. The Hall–Kier alpha value is -2.47. The van der Waals surface area contributed by atoms with Crippen molar-refractivity contribution in [2.24, 2.45) is 17.8 Å². The van der Waals surface area contributed by atoms with E-state index in [9.17, 15) is 22.7 Å². The summed E-state index contributed by atoms with van der Waals surface area (Å²) in [5.74, 6) is -1.25. The van der Waals surface area contributed by atoms with Gasteiger partial charge in [0.05, 0.1) is 26.3 Å². The van der Waals surface area contributed by atoms with Crippen molar-refractivity contribution >= 4 is 33.0 Å². The highest BCUT2D eigenvalue weighted by Crippen LogP contribution is 2.59. The van der Waals surface area contributed by atoms with Gasteiger partial charge in [0.1, 0.15) is 11.9 Å². The first-order valence-electron chi connectivity index (χ1n) is 10.2. The first kappa shape index (κ1) is 22.7. The van der Waals surface area contributed by atoms with Crippen LogP contribution in [0.1, 0.15) is 42.6 Å². The fraction of sp³-hybridized carbons (Fsp3) is 0.391. The molecule has 3 aliphatic rings. The number of benzene rings is 2. The molecule has 2 aromatic rings. The van der Waals surface area contributed by atoms with Gasteiger partial charge in [0, 0.05) is 11.3 Å². The fourth-order valence-corrected chi connectivity index (χ4v) is 7.61. The number of sulfone groups is 1. The zero-order valence-electron chi connectivity index (χ0n) is 17.5. The summed E-state index contributed by atoms with van der Waals surface area (Å²) in [7, 11) is -3.83. The SMILES string of the molecule is CC1C2CC(S(=O)(=O)c3cc(C(=O)Nc4ccc(F)c(C#N)c4)ccc3Cl)CC1C2(C)O. The van der Waals surface area contributed by atoms with Crippen molar-refractivity contribution in [1.82, 2.24) is 0 Å². The zero-order chi connectivity index (χ0) is 23.4. The van der Waals surface area contributed by atoms with Crippen LogP contribution in [0.25, 0.3) is 0 Å². The first-order valence-corrected chi connectivity index (χ1v) is 12.2. The van der Waals surface area contributed by atoms with Crippen molar-refractivity contribution in [3.8, 4) is 6.07 Å². The minimum Gasteiger partial charge on any atom is -0.390 e. The van der Waals surface area contributed by atoms with Gasteiger partial charge in [-0.2, -0.15) is 5.26 Å². The molecule has 9 heteroatoms. The van der Waals surface area contributed by atoms with Gasteiger partial charge >= 0.3 is 0 Å². The Balaban J connectivity index is 1.59. The number of rotatable bonds is 4. The first-order chi connectivity index (χ1) is 15.0. The lowest BCUT2D eigenvalue weighted by molar-refractivity contribution is -0.204. The maximum Gasteiger partial charge on any atom is 0.255 e. The van der Waals surface area contributed by atoms with Gasteiger partial charge < -0.3 is 10.4 Å². The van der Waals surface area contributed by atoms with Crippen LogP contribution in [0.15, 0.2) is 41.3 Å². The number of fused-ring (bicyclic) bond motifs is 2. The largest absolute Gasteiger partial charge is 0.390 e. The van der Waals surface area contributed by atoms with Crippen molar-refractivity contribution in [3.05, 3.63) is 58.4 Å². The predicted octanol–water partition coefficient (Wildman–Crippen LogP) is 4.17. The van der Waals surface area contributed by atoms with Crippen LogP contribution in [0.3, 0.4) is 0 Å². The molecule has 3 fully saturated rings. The predicted molar refractivity (Wildman–Crippen MR) is 117 cm³/mol. The van der Waals surface area contributed by atoms with Crippen molar-refractivity contribution < 1.29 is 22.7 Å². The normalized spacial score (nSPS) is 29.0. The molecule has 2 aromatic carbocycles. The van der Waals surface area contributed by atoms with Crippen LogP contribution >= 0.6 is 11.6 Å². The van der Waals surface area contributed by atoms with Gasteiger partial charge in [-0.3, -0.25) is 4.79 Å². The van der Waals surface area contributed by atoms with Gasteiger partial charge in [0.25, 0.3) is 5.91 Å².